The molecule has 0 heterocycles. The smallest absolute Gasteiger partial charge is 0.162 e. The second-order valence-electron chi connectivity index (χ2n) is 4.94. The van der Waals surface area contributed by atoms with Gasteiger partial charge in [0.25, 0.3) is 0 Å². The van der Waals surface area contributed by atoms with Gasteiger partial charge in [-0.1, -0.05) is 39.5 Å². The van der Waals surface area contributed by atoms with Crippen LogP contribution in [0.4, 0.5) is 0 Å². The van der Waals surface area contributed by atoms with Gasteiger partial charge in [-0.2, -0.15) is 0 Å². The summed E-state index contributed by atoms with van der Waals surface area (Å²) in [6.07, 6.45) is 5.65. The highest BCUT2D eigenvalue weighted by Gasteiger charge is 2.26. The molecule has 0 aromatic carbocycles. The molecule has 1 unspecified atom stereocenters. The monoisotopic (exact) mass is 212 g/mol. The predicted molar refractivity (Wildman–Crippen MR) is 61.8 cm³/mol. The number of carbonyl (C=O) groups excluding carboxylic acids is 1. The second-order valence-corrected chi connectivity index (χ2v) is 4.94. The maximum absolute atomic E-state index is 12.0. The van der Waals surface area contributed by atoms with Crippen molar-refractivity contribution in [3.63, 3.8) is 0 Å². The standard InChI is InChI=1S/C13H24O2/c1-4-15-13(10(2)3)12(14)9-11-7-5-6-8-11/h10-11,13H,4-9H2,1-3H3. The second kappa shape index (κ2) is 6.26. The van der Waals surface area contributed by atoms with E-state index in [1.165, 1.54) is 25.7 Å². The van der Waals surface area contributed by atoms with Crippen LogP contribution in [0.2, 0.25) is 0 Å². The lowest BCUT2D eigenvalue weighted by Crippen LogP contribution is -2.30. The summed E-state index contributed by atoms with van der Waals surface area (Å²) in [6, 6.07) is 0. The highest BCUT2D eigenvalue weighted by Crippen LogP contribution is 2.28. The Kier molecular flexibility index (Phi) is 5.30. The van der Waals surface area contributed by atoms with E-state index in [1.807, 2.05) is 6.92 Å². The van der Waals surface area contributed by atoms with E-state index in [4.69, 9.17) is 4.74 Å². The third kappa shape index (κ3) is 3.94. The summed E-state index contributed by atoms with van der Waals surface area (Å²) < 4.78 is 5.53. The molecule has 15 heavy (non-hydrogen) atoms. The molecule has 0 aromatic rings. The van der Waals surface area contributed by atoms with Crippen LogP contribution in [0.3, 0.4) is 0 Å². The van der Waals surface area contributed by atoms with E-state index in [0.29, 0.717) is 24.2 Å². The van der Waals surface area contributed by atoms with Crippen molar-refractivity contribution in [1.29, 1.82) is 0 Å². The first-order valence-corrected chi connectivity index (χ1v) is 6.29. The first kappa shape index (κ1) is 12.7. The minimum absolute atomic E-state index is 0.171. The van der Waals surface area contributed by atoms with Crippen LogP contribution in [0.5, 0.6) is 0 Å². The fourth-order valence-electron chi connectivity index (χ4n) is 2.45. The maximum atomic E-state index is 12.0. The van der Waals surface area contributed by atoms with Crippen LogP contribution in [0.1, 0.15) is 52.9 Å². The van der Waals surface area contributed by atoms with Crippen LogP contribution < -0.4 is 0 Å². The summed E-state index contributed by atoms with van der Waals surface area (Å²) in [6.45, 7) is 6.72. The molecular weight excluding hydrogens is 188 g/mol. The van der Waals surface area contributed by atoms with Crippen LogP contribution in [0, 0.1) is 11.8 Å². The van der Waals surface area contributed by atoms with Crippen LogP contribution in [-0.4, -0.2) is 18.5 Å². The number of carbonyl (C=O) groups is 1. The van der Waals surface area contributed by atoms with Crippen molar-refractivity contribution >= 4 is 5.78 Å². The van der Waals surface area contributed by atoms with E-state index in [9.17, 15) is 4.79 Å². The quantitative estimate of drug-likeness (QED) is 0.676. The highest BCUT2D eigenvalue weighted by atomic mass is 16.5. The largest absolute Gasteiger partial charge is 0.370 e. The Balaban J connectivity index is 2.40. The van der Waals surface area contributed by atoms with Crippen molar-refractivity contribution in [1.82, 2.24) is 0 Å². The SMILES string of the molecule is CCOC(C(=O)CC1CCCC1)C(C)C. The summed E-state index contributed by atoms with van der Waals surface area (Å²) in [5.41, 5.74) is 0. The topological polar surface area (TPSA) is 26.3 Å². The summed E-state index contributed by atoms with van der Waals surface area (Å²) in [5, 5.41) is 0. The zero-order valence-corrected chi connectivity index (χ0v) is 10.3. The van der Waals surface area contributed by atoms with Crippen LogP contribution in [0.15, 0.2) is 0 Å². The first-order valence-electron chi connectivity index (χ1n) is 6.29. The van der Waals surface area contributed by atoms with Gasteiger partial charge in [0, 0.05) is 13.0 Å². The Morgan fingerprint density at radius 2 is 1.93 bits per heavy atom. The summed E-state index contributed by atoms with van der Waals surface area (Å²) in [7, 11) is 0. The van der Waals surface area contributed by atoms with Crippen LogP contribution in [-0.2, 0) is 9.53 Å². The lowest BCUT2D eigenvalue weighted by Gasteiger charge is -2.21. The van der Waals surface area contributed by atoms with Crippen LogP contribution >= 0.6 is 0 Å². The first-order chi connectivity index (χ1) is 7.15. The number of ketones is 1. The molecule has 1 rings (SSSR count). The zero-order valence-electron chi connectivity index (χ0n) is 10.3. The third-order valence-corrected chi connectivity index (χ3v) is 3.23. The van der Waals surface area contributed by atoms with Gasteiger partial charge in [-0.15, -0.1) is 0 Å². The van der Waals surface area contributed by atoms with Crippen LogP contribution in [0.25, 0.3) is 0 Å². The number of ether oxygens (including phenoxy) is 1. The van der Waals surface area contributed by atoms with Gasteiger partial charge in [0.15, 0.2) is 5.78 Å². The molecular formula is C13H24O2. The molecule has 0 aromatic heterocycles. The van der Waals surface area contributed by atoms with Crippen molar-refractivity contribution in [2.45, 2.75) is 59.0 Å². The van der Waals surface area contributed by atoms with Gasteiger partial charge in [-0.3, -0.25) is 4.79 Å². The molecule has 0 bridgehead atoms. The summed E-state index contributed by atoms with van der Waals surface area (Å²) in [4.78, 5) is 12.0. The molecule has 0 aliphatic heterocycles. The van der Waals surface area contributed by atoms with E-state index in [2.05, 4.69) is 13.8 Å². The van der Waals surface area contributed by atoms with Crippen molar-refractivity contribution in [3.8, 4) is 0 Å². The molecule has 0 amide bonds. The van der Waals surface area contributed by atoms with Crippen molar-refractivity contribution in [2.75, 3.05) is 6.61 Å². The van der Waals surface area contributed by atoms with Gasteiger partial charge in [-0.25, -0.2) is 0 Å². The molecule has 0 N–H and O–H groups in total. The molecule has 0 radical (unpaired) electrons. The molecule has 88 valence electrons. The fourth-order valence-corrected chi connectivity index (χ4v) is 2.45. The van der Waals surface area contributed by atoms with Gasteiger partial charge >= 0.3 is 0 Å². The van der Waals surface area contributed by atoms with E-state index >= 15 is 0 Å². The molecule has 1 saturated carbocycles. The lowest BCUT2D eigenvalue weighted by atomic mass is 9.93. The molecule has 0 saturated heterocycles. The summed E-state index contributed by atoms with van der Waals surface area (Å²) in [5.74, 6) is 1.26. The fraction of sp³-hybridized carbons (Fsp3) is 0.923. The van der Waals surface area contributed by atoms with Gasteiger partial charge in [0.1, 0.15) is 6.10 Å². The molecule has 1 fully saturated rings. The average molecular weight is 212 g/mol. The third-order valence-electron chi connectivity index (χ3n) is 3.23. The van der Waals surface area contributed by atoms with Gasteiger partial charge < -0.3 is 4.74 Å². The average Bonchev–Trinajstić information content (AvgIpc) is 2.65. The van der Waals surface area contributed by atoms with Crippen molar-refractivity contribution < 1.29 is 9.53 Å². The van der Waals surface area contributed by atoms with E-state index in [-0.39, 0.29) is 6.10 Å². The summed E-state index contributed by atoms with van der Waals surface area (Å²) >= 11 is 0. The predicted octanol–water partition coefficient (Wildman–Crippen LogP) is 3.20. The van der Waals surface area contributed by atoms with Crippen molar-refractivity contribution in [3.05, 3.63) is 0 Å². The Hall–Kier alpha value is -0.370. The maximum Gasteiger partial charge on any atom is 0.162 e. The molecule has 2 nitrogen and oxygen atoms in total. The minimum atomic E-state index is -0.171. The Labute approximate surface area is 93.4 Å². The van der Waals surface area contributed by atoms with E-state index < -0.39 is 0 Å². The van der Waals surface area contributed by atoms with Gasteiger partial charge in [-0.05, 0) is 18.8 Å². The number of hydrogen-bond donors (Lipinski definition) is 0. The lowest BCUT2D eigenvalue weighted by molar-refractivity contribution is -0.134. The molecule has 1 atom stereocenters. The number of Topliss-reactive ketones (excluding diaryl/α,β-unsaturated/α-hetero) is 1. The molecule has 2 heteroatoms. The number of rotatable bonds is 6. The van der Waals surface area contributed by atoms with Gasteiger partial charge in [0.2, 0.25) is 0 Å². The van der Waals surface area contributed by atoms with E-state index in [1.54, 1.807) is 0 Å². The molecule has 1 aliphatic rings. The number of hydrogen-bond acceptors (Lipinski definition) is 2. The minimum Gasteiger partial charge on any atom is -0.370 e. The normalized spacial score (nSPS) is 19.7. The molecule has 1 aliphatic carbocycles. The van der Waals surface area contributed by atoms with E-state index in [0.717, 1.165) is 6.42 Å². The van der Waals surface area contributed by atoms with Crippen molar-refractivity contribution in [2.24, 2.45) is 11.8 Å². The Bertz CT molecular complexity index is 193. The Morgan fingerprint density at radius 3 is 2.40 bits per heavy atom. The highest BCUT2D eigenvalue weighted by molar-refractivity contribution is 5.83. The molecule has 0 spiro atoms. The zero-order chi connectivity index (χ0) is 11.3. The van der Waals surface area contributed by atoms with Gasteiger partial charge in [0.05, 0.1) is 0 Å². The Morgan fingerprint density at radius 1 is 1.33 bits per heavy atom.